The largest absolute Gasteiger partial charge is 0.405 e. The Kier molecular flexibility index (Phi) is 8.29. The molecule has 6 nitrogen and oxygen atoms in total. The van der Waals surface area contributed by atoms with E-state index in [2.05, 4.69) is 15.3 Å². The number of urea groups is 1. The molecule has 174 valence electrons. The highest BCUT2D eigenvalue weighted by molar-refractivity contribution is 5.90. The van der Waals surface area contributed by atoms with Gasteiger partial charge >= 0.3 is 12.2 Å². The van der Waals surface area contributed by atoms with Gasteiger partial charge in [0.05, 0.1) is 17.6 Å². The molecule has 0 spiro atoms. The third-order valence-electron chi connectivity index (χ3n) is 4.56. The van der Waals surface area contributed by atoms with Crippen molar-refractivity contribution < 1.29 is 18.0 Å². The summed E-state index contributed by atoms with van der Waals surface area (Å²) in [5, 5.41) is 4.19. The maximum absolute atomic E-state index is 12.3. The highest BCUT2D eigenvalue weighted by Gasteiger charge is 2.27. The highest BCUT2D eigenvalue weighted by atomic mass is 35.5. The zero-order chi connectivity index (χ0) is 22.0. The van der Waals surface area contributed by atoms with Crippen molar-refractivity contribution in [1.29, 1.82) is 0 Å². The second-order valence-electron chi connectivity index (χ2n) is 6.95. The van der Waals surface area contributed by atoms with Crippen LogP contribution in [0.15, 0.2) is 67.0 Å². The molecule has 33 heavy (non-hydrogen) atoms. The molecular formula is C22H20Cl2F3N5O. The van der Waals surface area contributed by atoms with Crippen molar-refractivity contribution in [3.05, 3.63) is 72.7 Å². The molecule has 0 aliphatic carbocycles. The number of nitrogens with one attached hydrogen (secondary N) is 2. The molecule has 0 unspecified atom stereocenters. The molecule has 0 saturated heterocycles. The molecule has 0 aliphatic heterocycles. The van der Waals surface area contributed by atoms with Crippen molar-refractivity contribution in [3.63, 3.8) is 0 Å². The Morgan fingerprint density at radius 3 is 2.52 bits per heavy atom. The third kappa shape index (κ3) is 6.36. The fourth-order valence-electron chi connectivity index (χ4n) is 3.17. The van der Waals surface area contributed by atoms with Gasteiger partial charge in [-0.25, -0.2) is 9.78 Å². The molecule has 1 aromatic carbocycles. The Morgan fingerprint density at radius 2 is 1.79 bits per heavy atom. The topological polar surface area (TPSA) is 71.3 Å². The van der Waals surface area contributed by atoms with Crippen LogP contribution in [0.4, 0.5) is 23.7 Å². The minimum atomic E-state index is -4.47. The fraction of sp³-hybridized carbons (Fsp3) is 0.136. The van der Waals surface area contributed by atoms with Crippen molar-refractivity contribution in [3.8, 4) is 22.5 Å². The molecule has 2 amide bonds. The lowest BCUT2D eigenvalue weighted by molar-refractivity contribution is -0.122. The van der Waals surface area contributed by atoms with Gasteiger partial charge in [0.25, 0.3) is 0 Å². The van der Waals surface area contributed by atoms with Gasteiger partial charge in [0, 0.05) is 28.7 Å². The normalized spacial score (nSPS) is 10.8. The summed E-state index contributed by atoms with van der Waals surface area (Å²) in [5.41, 5.74) is 5.32. The van der Waals surface area contributed by atoms with Crippen molar-refractivity contribution in [2.75, 3.05) is 11.9 Å². The van der Waals surface area contributed by atoms with E-state index >= 15 is 0 Å². The lowest BCUT2D eigenvalue weighted by Crippen LogP contribution is -2.36. The van der Waals surface area contributed by atoms with Gasteiger partial charge in [-0.1, -0.05) is 18.2 Å². The van der Waals surface area contributed by atoms with E-state index in [1.54, 1.807) is 29.7 Å². The molecule has 3 heterocycles. The molecule has 2 N–H and O–H groups in total. The first-order chi connectivity index (χ1) is 14.8. The first kappa shape index (κ1) is 26.0. The summed E-state index contributed by atoms with van der Waals surface area (Å²) in [4.78, 5) is 20.7. The number of aromatic nitrogens is 3. The number of anilines is 1. The summed E-state index contributed by atoms with van der Waals surface area (Å²) < 4.78 is 38.7. The van der Waals surface area contributed by atoms with Crippen LogP contribution < -0.4 is 10.6 Å². The van der Waals surface area contributed by atoms with Gasteiger partial charge in [-0.2, -0.15) is 13.2 Å². The molecule has 11 heteroatoms. The second-order valence-corrected chi connectivity index (χ2v) is 6.95. The predicted molar refractivity (Wildman–Crippen MR) is 126 cm³/mol. The number of nitrogens with zero attached hydrogens (tertiary/aromatic N) is 3. The first-order valence-corrected chi connectivity index (χ1v) is 9.42. The van der Waals surface area contributed by atoms with Crippen LogP contribution in [0.1, 0.15) is 5.69 Å². The number of carbonyl (C=O) groups is 1. The number of alkyl halides is 3. The summed E-state index contributed by atoms with van der Waals surface area (Å²) in [6, 6.07) is 15.6. The number of carbonyl (C=O) groups excluding carboxylic acids is 1. The van der Waals surface area contributed by atoms with E-state index in [1.807, 2.05) is 53.9 Å². The molecule has 0 fully saturated rings. The number of aryl methyl sites for hydroxylation is 1. The number of fused-ring (bicyclic) bond motifs is 1. The summed E-state index contributed by atoms with van der Waals surface area (Å²) >= 11 is 0. The van der Waals surface area contributed by atoms with E-state index in [0.717, 1.165) is 33.9 Å². The molecule has 0 radical (unpaired) electrons. The van der Waals surface area contributed by atoms with Crippen molar-refractivity contribution in [2.24, 2.45) is 0 Å². The molecule has 0 saturated carbocycles. The Morgan fingerprint density at radius 1 is 1.03 bits per heavy atom. The fourth-order valence-corrected chi connectivity index (χ4v) is 3.17. The quantitative estimate of drug-likeness (QED) is 0.368. The minimum Gasteiger partial charge on any atom is -0.329 e. The van der Waals surface area contributed by atoms with Crippen molar-refractivity contribution in [2.45, 2.75) is 13.1 Å². The number of hydrogen-bond acceptors (Lipinski definition) is 3. The van der Waals surface area contributed by atoms with Gasteiger partial charge in [-0.05, 0) is 43.3 Å². The van der Waals surface area contributed by atoms with Crippen molar-refractivity contribution in [1.82, 2.24) is 19.7 Å². The van der Waals surface area contributed by atoms with Crippen LogP contribution in [0.25, 0.3) is 28.2 Å². The summed E-state index contributed by atoms with van der Waals surface area (Å²) in [6.45, 7) is 0.532. The maximum atomic E-state index is 12.3. The molecule has 0 atom stereocenters. The maximum Gasteiger partial charge on any atom is 0.405 e. The third-order valence-corrected chi connectivity index (χ3v) is 4.56. The Bertz CT molecular complexity index is 1260. The van der Waals surface area contributed by atoms with Gasteiger partial charge in [0.1, 0.15) is 12.2 Å². The molecule has 0 aliphatic rings. The zero-order valence-electron chi connectivity index (χ0n) is 17.3. The summed E-state index contributed by atoms with van der Waals surface area (Å²) in [6.07, 6.45) is -0.888. The minimum absolute atomic E-state index is 0. The monoisotopic (exact) mass is 497 g/mol. The average Bonchev–Trinajstić information content (AvgIpc) is 3.15. The SMILES string of the molecule is Cc1cccc(-c2ccn3c(-c4cccc(NC(=O)NCC(F)(F)F)c4)cnc3c2)n1.Cl.Cl. The van der Waals surface area contributed by atoms with Gasteiger partial charge in [0.15, 0.2) is 0 Å². The van der Waals surface area contributed by atoms with Crippen LogP contribution in [0.5, 0.6) is 0 Å². The van der Waals surface area contributed by atoms with E-state index in [1.165, 1.54) is 0 Å². The van der Waals surface area contributed by atoms with Crippen LogP contribution in [0.2, 0.25) is 0 Å². The van der Waals surface area contributed by atoms with Gasteiger partial charge < -0.3 is 10.6 Å². The second kappa shape index (κ2) is 10.5. The number of benzene rings is 1. The number of imidazole rings is 1. The van der Waals surface area contributed by atoms with Crippen LogP contribution in [-0.4, -0.2) is 33.1 Å². The predicted octanol–water partition coefficient (Wildman–Crippen LogP) is 5.90. The van der Waals surface area contributed by atoms with Gasteiger partial charge in [-0.3, -0.25) is 9.38 Å². The molecule has 0 bridgehead atoms. The number of rotatable bonds is 4. The van der Waals surface area contributed by atoms with E-state index in [9.17, 15) is 18.0 Å². The van der Waals surface area contributed by atoms with E-state index in [-0.39, 0.29) is 24.8 Å². The van der Waals surface area contributed by atoms with Crippen LogP contribution in [-0.2, 0) is 0 Å². The number of halogens is 5. The number of amides is 2. The number of pyridine rings is 2. The van der Waals surface area contributed by atoms with E-state index in [4.69, 9.17) is 0 Å². The summed E-state index contributed by atoms with van der Waals surface area (Å²) in [7, 11) is 0. The van der Waals surface area contributed by atoms with Crippen LogP contribution >= 0.6 is 24.8 Å². The zero-order valence-corrected chi connectivity index (χ0v) is 18.9. The Hall–Kier alpha value is -3.30. The van der Waals surface area contributed by atoms with Gasteiger partial charge in [0.2, 0.25) is 0 Å². The smallest absolute Gasteiger partial charge is 0.329 e. The lowest BCUT2D eigenvalue weighted by atomic mass is 10.1. The van der Waals surface area contributed by atoms with Crippen LogP contribution in [0, 0.1) is 6.92 Å². The molecule has 3 aromatic heterocycles. The van der Waals surface area contributed by atoms with E-state index < -0.39 is 18.8 Å². The number of hydrogen-bond donors (Lipinski definition) is 2. The molecular weight excluding hydrogens is 478 g/mol. The first-order valence-electron chi connectivity index (χ1n) is 9.42. The standard InChI is InChI=1S/C22H18F3N5O.2ClH/c1-14-4-2-7-18(28-14)15-8-9-30-19(12-26-20(30)11-15)16-5-3-6-17(10-16)29-21(31)27-13-22(23,24)25;;/h2-12H,13H2,1H3,(H2,27,29,31);2*1H. The highest BCUT2D eigenvalue weighted by Crippen LogP contribution is 2.26. The summed E-state index contributed by atoms with van der Waals surface area (Å²) in [5.74, 6) is 0. The van der Waals surface area contributed by atoms with Crippen molar-refractivity contribution >= 4 is 42.2 Å². The lowest BCUT2D eigenvalue weighted by Gasteiger charge is -2.11. The molecule has 4 rings (SSSR count). The molecule has 4 aromatic rings. The Balaban J connectivity index is 0.00000193. The van der Waals surface area contributed by atoms with E-state index in [0.29, 0.717) is 5.69 Å². The van der Waals surface area contributed by atoms with Gasteiger partial charge in [-0.15, -0.1) is 24.8 Å². The van der Waals surface area contributed by atoms with Crippen LogP contribution in [0.3, 0.4) is 0 Å². The Labute approximate surface area is 200 Å². The average molecular weight is 498 g/mol.